The third-order valence-electron chi connectivity index (χ3n) is 3.09. The highest BCUT2D eigenvalue weighted by Gasteiger charge is 2.14. The van der Waals surface area contributed by atoms with Gasteiger partial charge in [0, 0.05) is 32.8 Å². The summed E-state index contributed by atoms with van der Waals surface area (Å²) < 4.78 is 5.08. The maximum absolute atomic E-state index is 11.0. The van der Waals surface area contributed by atoms with Gasteiger partial charge in [-0.1, -0.05) is 13.0 Å². The van der Waals surface area contributed by atoms with Crippen molar-refractivity contribution in [3.05, 3.63) is 33.9 Å². The lowest BCUT2D eigenvalue weighted by Gasteiger charge is -2.20. The van der Waals surface area contributed by atoms with Gasteiger partial charge in [0.25, 0.3) is 5.69 Å². The van der Waals surface area contributed by atoms with Gasteiger partial charge in [0.05, 0.1) is 11.5 Å². The van der Waals surface area contributed by atoms with Crippen molar-refractivity contribution in [1.82, 2.24) is 4.90 Å². The van der Waals surface area contributed by atoms with Gasteiger partial charge < -0.3 is 10.1 Å². The van der Waals surface area contributed by atoms with Crippen molar-refractivity contribution in [2.45, 2.75) is 20.4 Å². The summed E-state index contributed by atoms with van der Waals surface area (Å²) in [6, 6.07) is 5.24. The number of anilines is 1. The van der Waals surface area contributed by atoms with Crippen molar-refractivity contribution in [2.24, 2.45) is 0 Å². The van der Waals surface area contributed by atoms with Gasteiger partial charge in [-0.3, -0.25) is 15.0 Å². The van der Waals surface area contributed by atoms with Gasteiger partial charge in [-0.15, -0.1) is 0 Å². The molecule has 0 radical (unpaired) electrons. The molecule has 6 heteroatoms. The molecule has 1 aromatic rings. The highest BCUT2D eigenvalue weighted by Crippen LogP contribution is 2.25. The van der Waals surface area contributed by atoms with E-state index in [1.807, 2.05) is 19.1 Å². The normalized spacial score (nSPS) is 10.8. The van der Waals surface area contributed by atoms with E-state index in [1.165, 1.54) is 0 Å². The summed E-state index contributed by atoms with van der Waals surface area (Å²) >= 11 is 0. The smallest absolute Gasteiger partial charge is 0.292 e. The minimum absolute atomic E-state index is 0.121. The molecule has 1 aromatic carbocycles. The Bertz CT molecular complexity index is 438. The molecule has 1 N–H and O–H groups in total. The Kier molecular flexibility index (Phi) is 6.97. The number of nitrogens with one attached hydrogen (secondary N) is 1. The highest BCUT2D eigenvalue weighted by molar-refractivity contribution is 5.62. The van der Waals surface area contributed by atoms with Crippen LogP contribution in [-0.4, -0.2) is 43.2 Å². The Balaban J connectivity index is 2.84. The zero-order valence-corrected chi connectivity index (χ0v) is 12.4. The lowest BCUT2D eigenvalue weighted by molar-refractivity contribution is -0.384. The average Bonchev–Trinajstić information content (AvgIpc) is 2.43. The molecular weight excluding hydrogens is 258 g/mol. The van der Waals surface area contributed by atoms with Crippen LogP contribution in [0.4, 0.5) is 11.4 Å². The average molecular weight is 281 g/mol. The Labute approximate surface area is 119 Å². The summed E-state index contributed by atoms with van der Waals surface area (Å²) in [6.45, 7) is 7.87. The van der Waals surface area contributed by atoms with E-state index < -0.39 is 0 Å². The predicted molar refractivity (Wildman–Crippen MR) is 80.1 cm³/mol. The van der Waals surface area contributed by atoms with Gasteiger partial charge >= 0.3 is 0 Å². The van der Waals surface area contributed by atoms with Crippen LogP contribution in [0.15, 0.2) is 18.2 Å². The number of hydrogen-bond acceptors (Lipinski definition) is 5. The molecule has 0 spiro atoms. The van der Waals surface area contributed by atoms with Crippen LogP contribution in [-0.2, 0) is 11.3 Å². The topological polar surface area (TPSA) is 67.6 Å². The number of rotatable bonds is 9. The number of ether oxygens (including phenoxy) is 1. The van der Waals surface area contributed by atoms with Crippen LogP contribution in [0.2, 0.25) is 0 Å². The van der Waals surface area contributed by atoms with Crippen molar-refractivity contribution >= 4 is 11.4 Å². The third-order valence-corrected chi connectivity index (χ3v) is 3.09. The molecule has 6 nitrogen and oxygen atoms in total. The molecule has 0 aliphatic heterocycles. The molecule has 0 saturated carbocycles. The second-order valence-electron chi connectivity index (χ2n) is 4.50. The number of nitrogens with zero attached hydrogens (tertiary/aromatic N) is 2. The molecule has 0 heterocycles. The largest absolute Gasteiger partial charge is 0.383 e. The van der Waals surface area contributed by atoms with Gasteiger partial charge in [0.1, 0.15) is 5.69 Å². The van der Waals surface area contributed by atoms with Crippen LogP contribution in [0.25, 0.3) is 0 Å². The number of likely N-dealkylation sites (N-methyl/N-ethyl adjacent to an activating group) is 1. The Morgan fingerprint density at radius 1 is 1.40 bits per heavy atom. The van der Waals surface area contributed by atoms with Crippen LogP contribution in [0.1, 0.15) is 19.4 Å². The van der Waals surface area contributed by atoms with E-state index in [9.17, 15) is 10.1 Å². The summed E-state index contributed by atoms with van der Waals surface area (Å²) in [6.07, 6.45) is 0. The standard InChI is InChI=1S/C14H23N3O3/c1-4-15-13-10-12(6-7-14(13)17(18)19)11-16(5-2)8-9-20-3/h6-7,10,15H,4-5,8-9,11H2,1-3H3. The van der Waals surface area contributed by atoms with Gasteiger partial charge in [-0.25, -0.2) is 0 Å². The fraction of sp³-hybridized carbons (Fsp3) is 0.571. The maximum atomic E-state index is 11.0. The van der Waals surface area contributed by atoms with Crippen molar-refractivity contribution in [2.75, 3.05) is 38.7 Å². The van der Waals surface area contributed by atoms with Crippen LogP contribution >= 0.6 is 0 Å². The summed E-state index contributed by atoms with van der Waals surface area (Å²) in [4.78, 5) is 12.8. The van der Waals surface area contributed by atoms with Gasteiger partial charge in [0.2, 0.25) is 0 Å². The lowest BCUT2D eigenvalue weighted by atomic mass is 10.1. The van der Waals surface area contributed by atoms with Crippen LogP contribution in [0, 0.1) is 10.1 Å². The third kappa shape index (κ3) is 4.79. The number of nitro groups is 1. The van der Waals surface area contributed by atoms with Crippen molar-refractivity contribution < 1.29 is 9.66 Å². The predicted octanol–water partition coefficient (Wildman–Crippen LogP) is 2.49. The number of nitro benzene ring substituents is 1. The molecule has 20 heavy (non-hydrogen) atoms. The molecule has 0 atom stereocenters. The zero-order valence-electron chi connectivity index (χ0n) is 12.4. The first-order valence-electron chi connectivity index (χ1n) is 6.84. The molecule has 0 aliphatic carbocycles. The van der Waals surface area contributed by atoms with Crippen LogP contribution in [0.3, 0.4) is 0 Å². The van der Waals surface area contributed by atoms with Gasteiger partial charge in [0.15, 0.2) is 0 Å². The first kappa shape index (κ1) is 16.4. The molecule has 0 saturated heterocycles. The summed E-state index contributed by atoms with van der Waals surface area (Å²) in [5.41, 5.74) is 1.76. The maximum Gasteiger partial charge on any atom is 0.292 e. The molecule has 0 fully saturated rings. The fourth-order valence-corrected chi connectivity index (χ4v) is 2.00. The summed E-state index contributed by atoms with van der Waals surface area (Å²) in [5, 5.41) is 14.0. The van der Waals surface area contributed by atoms with E-state index in [2.05, 4.69) is 17.1 Å². The van der Waals surface area contributed by atoms with E-state index in [0.29, 0.717) is 18.8 Å². The molecule has 112 valence electrons. The van der Waals surface area contributed by atoms with Crippen molar-refractivity contribution in [1.29, 1.82) is 0 Å². The van der Waals surface area contributed by atoms with Crippen molar-refractivity contribution in [3.63, 3.8) is 0 Å². The van der Waals surface area contributed by atoms with E-state index in [1.54, 1.807) is 13.2 Å². The first-order chi connectivity index (χ1) is 9.62. The summed E-state index contributed by atoms with van der Waals surface area (Å²) in [7, 11) is 1.68. The minimum atomic E-state index is -0.357. The molecule has 0 aromatic heterocycles. The molecule has 0 bridgehead atoms. The van der Waals surface area contributed by atoms with Gasteiger partial charge in [-0.05, 0) is 25.1 Å². The molecular formula is C14H23N3O3. The number of hydrogen-bond donors (Lipinski definition) is 1. The van der Waals surface area contributed by atoms with Crippen molar-refractivity contribution in [3.8, 4) is 0 Å². The molecule has 0 amide bonds. The zero-order chi connectivity index (χ0) is 15.0. The SMILES string of the molecule is CCNc1cc(CN(CC)CCOC)ccc1[N+](=O)[O-]. The lowest BCUT2D eigenvalue weighted by Crippen LogP contribution is -2.26. The first-order valence-corrected chi connectivity index (χ1v) is 6.84. The minimum Gasteiger partial charge on any atom is -0.383 e. The van der Waals surface area contributed by atoms with E-state index >= 15 is 0 Å². The monoisotopic (exact) mass is 281 g/mol. The second kappa shape index (κ2) is 8.50. The Hall–Kier alpha value is -1.66. The summed E-state index contributed by atoms with van der Waals surface area (Å²) in [5.74, 6) is 0. The Morgan fingerprint density at radius 2 is 2.15 bits per heavy atom. The van der Waals surface area contributed by atoms with Gasteiger partial charge in [-0.2, -0.15) is 0 Å². The Morgan fingerprint density at radius 3 is 2.70 bits per heavy atom. The van der Waals surface area contributed by atoms with Crippen LogP contribution in [0.5, 0.6) is 0 Å². The highest BCUT2D eigenvalue weighted by atomic mass is 16.6. The van der Waals surface area contributed by atoms with E-state index in [4.69, 9.17) is 4.74 Å². The number of benzene rings is 1. The molecule has 1 rings (SSSR count). The van der Waals surface area contributed by atoms with Crippen LogP contribution < -0.4 is 5.32 Å². The molecule has 0 unspecified atom stereocenters. The molecule has 0 aliphatic rings. The van der Waals surface area contributed by atoms with E-state index in [0.717, 1.165) is 25.2 Å². The fourth-order valence-electron chi connectivity index (χ4n) is 2.00. The number of methoxy groups -OCH3 is 1. The quantitative estimate of drug-likeness (QED) is 0.556. The second-order valence-corrected chi connectivity index (χ2v) is 4.50. The van der Waals surface area contributed by atoms with E-state index in [-0.39, 0.29) is 10.6 Å².